The molecule has 0 aromatic carbocycles. The molecule has 0 heterocycles. The summed E-state index contributed by atoms with van der Waals surface area (Å²) in [5.74, 6) is -6.45. The molecule has 112 valence electrons. The first-order valence-corrected chi connectivity index (χ1v) is 3.24. The fourth-order valence-corrected chi connectivity index (χ4v) is 0.558. The number of hydrogen-bond donors (Lipinski definition) is 1. The first-order chi connectivity index (χ1) is 6.36. The molecular formula is C6H13Na3O12. The molecule has 0 rings (SSSR count). The number of carbonyl (C=O) groups is 3. The van der Waals surface area contributed by atoms with Crippen LogP contribution in [-0.4, -0.2) is 63.7 Å². The summed E-state index contributed by atoms with van der Waals surface area (Å²) >= 11 is 0. The second kappa shape index (κ2) is 23.4. The Hall–Kier alpha value is 1.17. The zero-order chi connectivity index (χ0) is 11.4. The number of carboxylic acids is 3. The van der Waals surface area contributed by atoms with Crippen LogP contribution in [0.2, 0.25) is 0 Å². The molecule has 0 aliphatic heterocycles. The average Bonchev–Trinajstić information content (AvgIpc) is 2.04. The maximum Gasteiger partial charge on any atom is 1.00 e. The van der Waals surface area contributed by atoms with Crippen LogP contribution in [-0.2, 0) is 19.1 Å². The molecule has 0 atom stereocenters. The first kappa shape index (κ1) is 49.5. The predicted octanol–water partition coefficient (Wildman–Crippen LogP) is -18.3. The Labute approximate surface area is 185 Å². The van der Waals surface area contributed by atoms with Gasteiger partial charge in [-0.1, -0.05) is 0 Å². The van der Waals surface area contributed by atoms with Crippen LogP contribution in [0.15, 0.2) is 0 Å². The van der Waals surface area contributed by atoms with Crippen LogP contribution in [0.1, 0.15) is 0 Å². The third kappa shape index (κ3) is 15.8. The summed E-state index contributed by atoms with van der Waals surface area (Å²) in [6.45, 7) is -2.83. The molecule has 0 saturated heterocycles. The summed E-state index contributed by atoms with van der Waals surface area (Å²) in [5.41, 5.74) is -3.18. The van der Waals surface area contributed by atoms with E-state index in [2.05, 4.69) is 4.74 Å². The summed E-state index contributed by atoms with van der Waals surface area (Å²) in [6.07, 6.45) is 0. The summed E-state index contributed by atoms with van der Waals surface area (Å²) < 4.78 is 3.93. The van der Waals surface area contributed by atoms with E-state index in [1.54, 1.807) is 0 Å². The van der Waals surface area contributed by atoms with Crippen molar-refractivity contribution in [2.75, 3.05) is 13.2 Å². The fraction of sp³-hybridized carbons (Fsp3) is 0.500. The Bertz CT molecular complexity index is 258. The van der Waals surface area contributed by atoms with Gasteiger partial charge in [-0.05, 0) is 0 Å². The molecule has 21 heavy (non-hydrogen) atoms. The molecule has 0 fully saturated rings. The van der Waals surface area contributed by atoms with Crippen molar-refractivity contribution in [1.29, 1.82) is 0 Å². The zero-order valence-corrected chi connectivity index (χ0v) is 17.7. The Balaban J connectivity index is -0.0000000402. The van der Waals surface area contributed by atoms with Crippen LogP contribution in [0.25, 0.3) is 0 Å². The summed E-state index contributed by atoms with van der Waals surface area (Å²) in [5, 5.41) is 38.9. The standard InChI is InChI=1S/C6H8O8.3Na.4H2O/c7-2-6(4(10)11,5(12)13)14-1-3(8)9;;;;;;;/h7H,1-2H2,(H,8,9)(H,10,11)(H,12,13);;;;4*1H2/q;3*+1;;;;/p-3. The smallest absolute Gasteiger partial charge is 0.548 e. The van der Waals surface area contributed by atoms with Gasteiger partial charge in [-0.25, -0.2) is 0 Å². The molecule has 0 spiro atoms. The van der Waals surface area contributed by atoms with Crippen molar-refractivity contribution in [2.45, 2.75) is 5.60 Å². The minimum Gasteiger partial charge on any atom is -0.548 e. The minimum atomic E-state index is -3.18. The van der Waals surface area contributed by atoms with Crippen molar-refractivity contribution >= 4 is 17.9 Å². The second-order valence-electron chi connectivity index (χ2n) is 2.22. The van der Waals surface area contributed by atoms with Gasteiger partial charge in [0.15, 0.2) is 5.60 Å². The molecule has 0 aliphatic carbocycles. The van der Waals surface area contributed by atoms with Crippen LogP contribution < -0.4 is 104 Å². The number of aliphatic hydroxyl groups is 1. The van der Waals surface area contributed by atoms with E-state index < -0.39 is 36.7 Å². The topological polar surface area (TPSA) is 276 Å². The van der Waals surface area contributed by atoms with E-state index in [0.29, 0.717) is 0 Å². The molecule has 0 aromatic heterocycles. The molecule has 0 radical (unpaired) electrons. The van der Waals surface area contributed by atoms with Gasteiger partial charge in [0.1, 0.15) is 0 Å². The minimum absolute atomic E-state index is 0. The largest absolute Gasteiger partial charge is 1.00 e. The third-order valence-electron chi connectivity index (χ3n) is 1.32. The van der Waals surface area contributed by atoms with E-state index in [1.165, 1.54) is 0 Å². The quantitative estimate of drug-likeness (QED) is 0.355. The van der Waals surface area contributed by atoms with E-state index >= 15 is 0 Å². The molecule has 0 bridgehead atoms. The van der Waals surface area contributed by atoms with Gasteiger partial charge in [-0.3, -0.25) is 0 Å². The van der Waals surface area contributed by atoms with Gasteiger partial charge in [0.25, 0.3) is 0 Å². The Morgan fingerprint density at radius 1 is 0.857 bits per heavy atom. The Kier molecular flexibility index (Phi) is 55.2. The first-order valence-electron chi connectivity index (χ1n) is 3.24. The van der Waals surface area contributed by atoms with Crippen molar-refractivity contribution in [3.63, 3.8) is 0 Å². The maximum atomic E-state index is 10.3. The van der Waals surface area contributed by atoms with Crippen molar-refractivity contribution < 1.29 is 150 Å². The molecule has 0 amide bonds. The number of carboxylic acid groups (broad SMARTS) is 3. The second-order valence-corrected chi connectivity index (χ2v) is 2.22. The average molecular weight is 346 g/mol. The molecule has 0 saturated carbocycles. The monoisotopic (exact) mass is 346 g/mol. The number of ether oxygens (including phenoxy) is 1. The summed E-state index contributed by atoms with van der Waals surface area (Å²) in [6, 6.07) is 0. The van der Waals surface area contributed by atoms with Gasteiger partial charge in [0, 0.05) is 0 Å². The van der Waals surface area contributed by atoms with Gasteiger partial charge in [-0.15, -0.1) is 0 Å². The Morgan fingerprint density at radius 3 is 1.29 bits per heavy atom. The predicted molar refractivity (Wildman–Crippen MR) is 45.2 cm³/mol. The van der Waals surface area contributed by atoms with Crippen LogP contribution >= 0.6 is 0 Å². The van der Waals surface area contributed by atoms with Crippen molar-refractivity contribution in [3.05, 3.63) is 0 Å². The van der Waals surface area contributed by atoms with E-state index in [0.717, 1.165) is 0 Å². The molecular weight excluding hydrogens is 333 g/mol. The van der Waals surface area contributed by atoms with Crippen molar-refractivity contribution in [1.82, 2.24) is 0 Å². The molecule has 15 heteroatoms. The normalized spacial score (nSPS) is 7.29. The van der Waals surface area contributed by atoms with E-state index in [9.17, 15) is 29.7 Å². The molecule has 9 N–H and O–H groups in total. The maximum absolute atomic E-state index is 10.3. The number of hydrogen-bond acceptors (Lipinski definition) is 8. The zero-order valence-electron chi connectivity index (χ0n) is 11.7. The van der Waals surface area contributed by atoms with Gasteiger partial charge < -0.3 is 61.5 Å². The molecule has 0 aliphatic rings. The van der Waals surface area contributed by atoms with E-state index in [-0.39, 0.29) is 111 Å². The van der Waals surface area contributed by atoms with Crippen molar-refractivity contribution in [2.24, 2.45) is 0 Å². The Morgan fingerprint density at radius 2 is 1.14 bits per heavy atom. The van der Waals surface area contributed by atoms with Crippen LogP contribution in [0, 0.1) is 0 Å². The van der Waals surface area contributed by atoms with Gasteiger partial charge in [0.2, 0.25) is 0 Å². The SMILES string of the molecule is O.O.O.O.O=C([O-])COC(CO)(C(=O)[O-])C(=O)[O-].[Na+].[Na+].[Na+]. The molecule has 0 aromatic rings. The number of aliphatic carboxylic acids is 3. The third-order valence-corrected chi connectivity index (χ3v) is 1.32. The van der Waals surface area contributed by atoms with Crippen LogP contribution in [0.4, 0.5) is 0 Å². The number of rotatable bonds is 6. The molecule has 12 nitrogen and oxygen atoms in total. The van der Waals surface area contributed by atoms with Crippen LogP contribution in [0.3, 0.4) is 0 Å². The number of aliphatic hydroxyl groups excluding tert-OH is 1. The summed E-state index contributed by atoms with van der Waals surface area (Å²) in [7, 11) is 0. The number of carbonyl (C=O) groups excluding carboxylic acids is 3. The molecule has 0 unspecified atom stereocenters. The van der Waals surface area contributed by atoms with Crippen LogP contribution in [0.5, 0.6) is 0 Å². The van der Waals surface area contributed by atoms with Crippen molar-refractivity contribution in [3.8, 4) is 0 Å². The van der Waals surface area contributed by atoms with Gasteiger partial charge >= 0.3 is 88.7 Å². The van der Waals surface area contributed by atoms with E-state index in [1.807, 2.05) is 0 Å². The van der Waals surface area contributed by atoms with E-state index in [4.69, 9.17) is 5.11 Å². The van der Waals surface area contributed by atoms with Gasteiger partial charge in [0.05, 0.1) is 31.1 Å². The fourth-order valence-electron chi connectivity index (χ4n) is 0.558. The van der Waals surface area contributed by atoms with Gasteiger partial charge in [-0.2, -0.15) is 0 Å². The summed E-state index contributed by atoms with van der Waals surface area (Å²) in [4.78, 5) is 30.4.